The maximum absolute atomic E-state index is 11.4. The summed E-state index contributed by atoms with van der Waals surface area (Å²) in [5, 5.41) is 4.71. The van der Waals surface area contributed by atoms with Crippen LogP contribution in [0.15, 0.2) is 28.8 Å². The fraction of sp³-hybridized carbons (Fsp3) is 0.273. The normalized spacial score (nSPS) is 10.6. The van der Waals surface area contributed by atoms with Gasteiger partial charge in [0.1, 0.15) is 5.69 Å². The number of nitrogens with one attached hydrogen (secondary N) is 1. The van der Waals surface area contributed by atoms with E-state index in [1.165, 1.54) is 0 Å². The van der Waals surface area contributed by atoms with Crippen molar-refractivity contribution < 1.29 is 14.2 Å². The summed E-state index contributed by atoms with van der Waals surface area (Å²) in [7, 11) is 0. The molecule has 1 N–H and O–H groups in total. The molecule has 0 spiro atoms. The predicted octanol–water partition coefficient (Wildman–Crippen LogP) is 1.44. The highest BCUT2D eigenvalue weighted by Crippen LogP contribution is 2.17. The Morgan fingerprint density at radius 1 is 1.50 bits per heavy atom. The molecular formula is C11H12N2O3. The van der Waals surface area contributed by atoms with Crippen LogP contribution in [0.1, 0.15) is 12.6 Å². The van der Waals surface area contributed by atoms with E-state index < -0.39 is 0 Å². The molecule has 84 valence electrons. The number of benzene rings is 1. The van der Waals surface area contributed by atoms with Crippen LogP contribution < -0.4 is 5.48 Å². The molecule has 0 aliphatic rings. The number of hydrogen-bond acceptors (Lipinski definition) is 4. The number of rotatable bonds is 4. The third-order valence-corrected chi connectivity index (χ3v) is 2.11. The number of amides is 1. The molecule has 0 radical (unpaired) electrons. The van der Waals surface area contributed by atoms with Crippen molar-refractivity contribution in [3.8, 4) is 0 Å². The Labute approximate surface area is 92.3 Å². The summed E-state index contributed by atoms with van der Waals surface area (Å²) in [4.78, 5) is 16.2. The minimum Gasteiger partial charge on any atom is -0.356 e. The summed E-state index contributed by atoms with van der Waals surface area (Å²) < 4.78 is 5.08. The molecule has 0 fully saturated rings. The van der Waals surface area contributed by atoms with Gasteiger partial charge in [0.05, 0.1) is 13.0 Å². The van der Waals surface area contributed by atoms with E-state index in [4.69, 9.17) is 9.36 Å². The van der Waals surface area contributed by atoms with Crippen LogP contribution in [-0.2, 0) is 16.1 Å². The van der Waals surface area contributed by atoms with Gasteiger partial charge in [0.25, 0.3) is 0 Å². The molecule has 5 nitrogen and oxygen atoms in total. The minimum absolute atomic E-state index is 0.150. The first-order valence-electron chi connectivity index (χ1n) is 5.05. The SMILES string of the molecule is CCONC(=O)Cc1noc2ccccc12. The van der Waals surface area contributed by atoms with Crippen molar-refractivity contribution in [2.45, 2.75) is 13.3 Å². The number of para-hydroxylation sites is 1. The van der Waals surface area contributed by atoms with Crippen LogP contribution in [0.2, 0.25) is 0 Å². The average Bonchev–Trinajstić information content (AvgIpc) is 2.70. The number of fused-ring (bicyclic) bond motifs is 1. The number of aromatic nitrogens is 1. The summed E-state index contributed by atoms with van der Waals surface area (Å²) >= 11 is 0. The lowest BCUT2D eigenvalue weighted by atomic mass is 10.2. The fourth-order valence-corrected chi connectivity index (χ4v) is 1.41. The molecular weight excluding hydrogens is 208 g/mol. The van der Waals surface area contributed by atoms with Gasteiger partial charge in [-0.3, -0.25) is 9.63 Å². The van der Waals surface area contributed by atoms with Crippen molar-refractivity contribution in [2.75, 3.05) is 6.61 Å². The molecule has 1 heterocycles. The quantitative estimate of drug-likeness (QED) is 0.792. The summed E-state index contributed by atoms with van der Waals surface area (Å²) in [6, 6.07) is 7.42. The molecule has 2 rings (SSSR count). The van der Waals surface area contributed by atoms with Gasteiger partial charge in [-0.25, -0.2) is 5.48 Å². The van der Waals surface area contributed by atoms with Gasteiger partial charge in [0, 0.05) is 5.39 Å². The maximum atomic E-state index is 11.4. The van der Waals surface area contributed by atoms with Crippen LogP contribution in [0.3, 0.4) is 0 Å². The van der Waals surface area contributed by atoms with Crippen molar-refractivity contribution in [3.05, 3.63) is 30.0 Å². The lowest BCUT2D eigenvalue weighted by Crippen LogP contribution is -2.25. The molecule has 0 saturated heterocycles. The fourth-order valence-electron chi connectivity index (χ4n) is 1.41. The van der Waals surface area contributed by atoms with Gasteiger partial charge in [0.2, 0.25) is 5.91 Å². The topological polar surface area (TPSA) is 64.4 Å². The Morgan fingerprint density at radius 3 is 3.12 bits per heavy atom. The largest absolute Gasteiger partial charge is 0.356 e. The average molecular weight is 220 g/mol. The van der Waals surface area contributed by atoms with E-state index in [2.05, 4.69) is 10.6 Å². The second-order valence-electron chi connectivity index (χ2n) is 3.26. The third kappa shape index (κ3) is 2.20. The number of hydrogen-bond donors (Lipinski definition) is 1. The van der Waals surface area contributed by atoms with Gasteiger partial charge in [-0.15, -0.1) is 0 Å². The molecule has 0 bridgehead atoms. The maximum Gasteiger partial charge on any atom is 0.249 e. The van der Waals surface area contributed by atoms with E-state index in [9.17, 15) is 4.79 Å². The first-order chi connectivity index (χ1) is 7.81. The molecule has 0 aliphatic heterocycles. The van der Waals surface area contributed by atoms with E-state index in [1.54, 1.807) is 6.92 Å². The summed E-state index contributed by atoms with van der Waals surface area (Å²) in [6.45, 7) is 2.23. The zero-order chi connectivity index (χ0) is 11.4. The van der Waals surface area contributed by atoms with Crippen molar-refractivity contribution in [3.63, 3.8) is 0 Å². The molecule has 0 atom stereocenters. The first kappa shape index (κ1) is 10.6. The van der Waals surface area contributed by atoms with Gasteiger partial charge in [-0.2, -0.15) is 0 Å². The van der Waals surface area contributed by atoms with E-state index >= 15 is 0 Å². The highest BCUT2D eigenvalue weighted by molar-refractivity contribution is 5.85. The number of carbonyl (C=O) groups excluding carboxylic acids is 1. The Bertz CT molecular complexity index is 493. The highest BCUT2D eigenvalue weighted by Gasteiger charge is 2.11. The first-order valence-corrected chi connectivity index (χ1v) is 5.05. The Hall–Kier alpha value is -1.88. The molecule has 0 unspecified atom stereocenters. The minimum atomic E-state index is -0.235. The smallest absolute Gasteiger partial charge is 0.249 e. The van der Waals surface area contributed by atoms with Crippen LogP contribution >= 0.6 is 0 Å². The van der Waals surface area contributed by atoms with Crippen molar-refractivity contribution in [1.29, 1.82) is 0 Å². The number of carbonyl (C=O) groups is 1. The van der Waals surface area contributed by atoms with Crippen LogP contribution in [0, 0.1) is 0 Å². The Morgan fingerprint density at radius 2 is 2.31 bits per heavy atom. The number of hydroxylamine groups is 1. The molecule has 2 aromatic rings. The summed E-state index contributed by atoms with van der Waals surface area (Å²) in [5.74, 6) is -0.235. The van der Waals surface area contributed by atoms with Crippen LogP contribution in [0.4, 0.5) is 0 Å². The van der Waals surface area contributed by atoms with E-state index in [0.717, 1.165) is 5.39 Å². The lowest BCUT2D eigenvalue weighted by molar-refractivity contribution is -0.132. The Kier molecular flexibility index (Phi) is 3.16. The van der Waals surface area contributed by atoms with Crippen LogP contribution in [0.5, 0.6) is 0 Å². The summed E-state index contributed by atoms with van der Waals surface area (Å²) in [6.07, 6.45) is 0.150. The predicted molar refractivity (Wildman–Crippen MR) is 57.5 cm³/mol. The lowest BCUT2D eigenvalue weighted by Gasteiger charge is -2.01. The van der Waals surface area contributed by atoms with Crippen molar-refractivity contribution >= 4 is 16.9 Å². The zero-order valence-electron chi connectivity index (χ0n) is 8.90. The molecule has 0 saturated carbocycles. The van der Waals surface area contributed by atoms with Gasteiger partial charge in [-0.05, 0) is 19.1 Å². The molecule has 1 amide bonds. The van der Waals surface area contributed by atoms with E-state index in [1.807, 2.05) is 24.3 Å². The third-order valence-electron chi connectivity index (χ3n) is 2.11. The van der Waals surface area contributed by atoms with Crippen molar-refractivity contribution in [2.24, 2.45) is 0 Å². The van der Waals surface area contributed by atoms with Gasteiger partial charge >= 0.3 is 0 Å². The molecule has 0 aliphatic carbocycles. The molecule has 1 aromatic heterocycles. The molecule has 5 heteroatoms. The van der Waals surface area contributed by atoms with Crippen LogP contribution in [0.25, 0.3) is 11.0 Å². The highest BCUT2D eigenvalue weighted by atomic mass is 16.6. The standard InChI is InChI=1S/C11H12N2O3/c1-2-15-13-11(14)7-9-8-5-3-4-6-10(8)16-12-9/h3-6H,2,7H2,1H3,(H,13,14). The second kappa shape index (κ2) is 4.76. The molecule has 16 heavy (non-hydrogen) atoms. The zero-order valence-corrected chi connectivity index (χ0v) is 8.90. The van der Waals surface area contributed by atoms with Crippen molar-refractivity contribution in [1.82, 2.24) is 10.6 Å². The summed E-state index contributed by atoms with van der Waals surface area (Å²) in [5.41, 5.74) is 3.62. The van der Waals surface area contributed by atoms with E-state index in [-0.39, 0.29) is 12.3 Å². The van der Waals surface area contributed by atoms with Gasteiger partial charge < -0.3 is 4.52 Å². The van der Waals surface area contributed by atoms with Gasteiger partial charge in [-0.1, -0.05) is 17.3 Å². The van der Waals surface area contributed by atoms with Gasteiger partial charge in [0.15, 0.2) is 5.58 Å². The van der Waals surface area contributed by atoms with E-state index in [0.29, 0.717) is 17.9 Å². The second-order valence-corrected chi connectivity index (χ2v) is 3.26. The Balaban J connectivity index is 2.12. The van der Waals surface area contributed by atoms with Crippen LogP contribution in [-0.4, -0.2) is 17.7 Å². The number of nitrogens with zero attached hydrogens (tertiary/aromatic N) is 1. The molecule has 1 aromatic carbocycles. The monoisotopic (exact) mass is 220 g/mol.